The Morgan fingerprint density at radius 1 is 1.19 bits per heavy atom. The number of ether oxygens (including phenoxy) is 1. The summed E-state index contributed by atoms with van der Waals surface area (Å²) in [5.74, 6) is 0.334. The van der Waals surface area contributed by atoms with Gasteiger partial charge in [-0.1, -0.05) is 12.1 Å². The lowest BCUT2D eigenvalue weighted by molar-refractivity contribution is 0.102. The Bertz CT molecular complexity index is 609. The van der Waals surface area contributed by atoms with Crippen LogP contribution in [0.5, 0.6) is 5.88 Å². The number of carbonyl (C=O) groups excluding carboxylic acids is 1. The lowest BCUT2D eigenvalue weighted by atomic mass is 10.1. The zero-order valence-corrected chi connectivity index (χ0v) is 12.4. The molecular formula is C16H19N3O2. The molecule has 0 aliphatic carbocycles. The molecule has 0 spiro atoms. The van der Waals surface area contributed by atoms with Crippen molar-refractivity contribution in [1.29, 1.82) is 0 Å². The Labute approximate surface area is 124 Å². The molecular weight excluding hydrogens is 266 g/mol. The molecule has 2 N–H and O–H groups in total. The number of anilines is 2. The largest absolute Gasteiger partial charge is 0.481 e. The number of aromatic nitrogens is 1. The molecule has 0 saturated heterocycles. The average molecular weight is 285 g/mol. The molecule has 0 bridgehead atoms. The molecule has 5 nitrogen and oxygen atoms in total. The maximum atomic E-state index is 12.4. The van der Waals surface area contributed by atoms with Crippen LogP contribution in [0.3, 0.4) is 0 Å². The number of methoxy groups -OCH3 is 1. The van der Waals surface area contributed by atoms with E-state index in [0.717, 1.165) is 5.69 Å². The number of carbonyl (C=O) groups is 1. The van der Waals surface area contributed by atoms with Crippen molar-refractivity contribution >= 4 is 17.3 Å². The third kappa shape index (κ3) is 3.95. The van der Waals surface area contributed by atoms with Crippen LogP contribution in [0.25, 0.3) is 0 Å². The molecule has 1 aromatic carbocycles. The van der Waals surface area contributed by atoms with Crippen LogP contribution in [0.15, 0.2) is 42.6 Å². The van der Waals surface area contributed by atoms with Gasteiger partial charge in [-0.2, -0.15) is 0 Å². The number of rotatable bonds is 5. The molecule has 1 aromatic heterocycles. The van der Waals surface area contributed by atoms with Gasteiger partial charge >= 0.3 is 0 Å². The van der Waals surface area contributed by atoms with Gasteiger partial charge in [-0.15, -0.1) is 0 Å². The highest BCUT2D eigenvalue weighted by Gasteiger charge is 2.12. The molecule has 2 rings (SSSR count). The summed E-state index contributed by atoms with van der Waals surface area (Å²) in [6.45, 7) is 4.06. The zero-order chi connectivity index (χ0) is 15.2. The van der Waals surface area contributed by atoms with Crippen molar-refractivity contribution in [3.63, 3.8) is 0 Å². The number of amides is 1. The summed E-state index contributed by atoms with van der Waals surface area (Å²) in [7, 11) is 1.55. The van der Waals surface area contributed by atoms with Crippen LogP contribution in [0.2, 0.25) is 0 Å². The highest BCUT2D eigenvalue weighted by molar-refractivity contribution is 6.08. The fraction of sp³-hybridized carbons (Fsp3) is 0.250. The number of hydrogen-bond acceptors (Lipinski definition) is 4. The first-order valence-corrected chi connectivity index (χ1v) is 6.77. The second kappa shape index (κ2) is 6.74. The van der Waals surface area contributed by atoms with Gasteiger partial charge in [0, 0.05) is 17.8 Å². The zero-order valence-electron chi connectivity index (χ0n) is 12.4. The molecule has 1 amide bonds. The van der Waals surface area contributed by atoms with Crippen LogP contribution >= 0.6 is 0 Å². The molecule has 110 valence electrons. The lowest BCUT2D eigenvalue weighted by Crippen LogP contribution is -2.17. The van der Waals surface area contributed by atoms with Gasteiger partial charge in [0.1, 0.15) is 0 Å². The third-order valence-corrected chi connectivity index (χ3v) is 2.82. The van der Waals surface area contributed by atoms with E-state index < -0.39 is 0 Å². The van der Waals surface area contributed by atoms with Crippen molar-refractivity contribution in [2.75, 3.05) is 17.7 Å². The molecule has 5 heteroatoms. The van der Waals surface area contributed by atoms with Crippen LogP contribution in [0.4, 0.5) is 11.4 Å². The molecule has 0 radical (unpaired) electrons. The molecule has 1 heterocycles. The van der Waals surface area contributed by atoms with Gasteiger partial charge in [0.05, 0.1) is 24.6 Å². The van der Waals surface area contributed by atoms with Gasteiger partial charge in [-0.05, 0) is 32.0 Å². The van der Waals surface area contributed by atoms with Crippen LogP contribution in [-0.2, 0) is 0 Å². The van der Waals surface area contributed by atoms with E-state index >= 15 is 0 Å². The first-order valence-electron chi connectivity index (χ1n) is 6.77. The number of para-hydroxylation sites is 1. The van der Waals surface area contributed by atoms with Gasteiger partial charge in [0.2, 0.25) is 5.88 Å². The van der Waals surface area contributed by atoms with Crippen molar-refractivity contribution in [1.82, 2.24) is 4.98 Å². The van der Waals surface area contributed by atoms with Crippen LogP contribution in [0.1, 0.15) is 24.2 Å². The summed E-state index contributed by atoms with van der Waals surface area (Å²) in [6.07, 6.45) is 1.56. The van der Waals surface area contributed by atoms with Gasteiger partial charge in [-0.3, -0.25) is 4.79 Å². The normalized spacial score (nSPS) is 10.3. The Balaban J connectivity index is 2.16. The molecule has 0 atom stereocenters. The second-order valence-electron chi connectivity index (χ2n) is 4.89. The number of benzene rings is 1. The van der Waals surface area contributed by atoms with Gasteiger partial charge in [0.25, 0.3) is 5.91 Å². The summed E-state index contributed by atoms with van der Waals surface area (Å²) < 4.78 is 4.99. The molecule has 0 aliphatic rings. The number of pyridine rings is 1. The van der Waals surface area contributed by atoms with E-state index in [4.69, 9.17) is 4.74 Å². The fourth-order valence-electron chi connectivity index (χ4n) is 1.89. The first kappa shape index (κ1) is 14.8. The fourth-order valence-corrected chi connectivity index (χ4v) is 1.89. The third-order valence-electron chi connectivity index (χ3n) is 2.82. The van der Waals surface area contributed by atoms with E-state index in [9.17, 15) is 4.79 Å². The Morgan fingerprint density at radius 2 is 1.95 bits per heavy atom. The highest BCUT2D eigenvalue weighted by atomic mass is 16.5. The van der Waals surface area contributed by atoms with Gasteiger partial charge < -0.3 is 15.4 Å². The lowest BCUT2D eigenvalue weighted by Gasteiger charge is -2.14. The molecule has 21 heavy (non-hydrogen) atoms. The predicted octanol–water partition coefficient (Wildman–Crippen LogP) is 3.16. The van der Waals surface area contributed by atoms with E-state index in [1.807, 2.05) is 32.0 Å². The summed E-state index contributed by atoms with van der Waals surface area (Å²) in [5.41, 5.74) is 2.04. The predicted molar refractivity (Wildman–Crippen MR) is 83.9 cm³/mol. The van der Waals surface area contributed by atoms with Crippen molar-refractivity contribution in [3.8, 4) is 5.88 Å². The number of nitrogens with zero attached hydrogens (tertiary/aromatic N) is 1. The Hall–Kier alpha value is -2.56. The van der Waals surface area contributed by atoms with Crippen molar-refractivity contribution in [2.24, 2.45) is 0 Å². The summed E-state index contributed by atoms with van der Waals surface area (Å²) >= 11 is 0. The number of hydrogen-bond donors (Lipinski definition) is 2. The molecule has 0 fully saturated rings. The van der Waals surface area contributed by atoms with Crippen LogP contribution < -0.4 is 15.4 Å². The van der Waals surface area contributed by atoms with Crippen molar-refractivity contribution in [2.45, 2.75) is 19.9 Å². The van der Waals surface area contributed by atoms with E-state index in [1.54, 1.807) is 31.5 Å². The monoisotopic (exact) mass is 285 g/mol. The Kier molecular flexibility index (Phi) is 4.77. The van der Waals surface area contributed by atoms with Gasteiger partial charge in [-0.25, -0.2) is 4.98 Å². The van der Waals surface area contributed by atoms with Crippen molar-refractivity contribution < 1.29 is 9.53 Å². The standard InChI is InChI=1S/C16H19N3O2/c1-11(2)18-14-7-5-4-6-13(14)16(20)19-12-8-9-15(21-3)17-10-12/h4-11,18H,1-3H3,(H,19,20). The molecule has 2 aromatic rings. The quantitative estimate of drug-likeness (QED) is 0.885. The van der Waals surface area contributed by atoms with E-state index in [-0.39, 0.29) is 11.9 Å². The minimum atomic E-state index is -0.175. The van der Waals surface area contributed by atoms with E-state index in [1.165, 1.54) is 0 Å². The molecule has 0 saturated carbocycles. The highest BCUT2D eigenvalue weighted by Crippen LogP contribution is 2.18. The maximum Gasteiger partial charge on any atom is 0.257 e. The SMILES string of the molecule is COc1ccc(NC(=O)c2ccccc2NC(C)C)cn1. The molecule has 0 unspecified atom stereocenters. The second-order valence-corrected chi connectivity index (χ2v) is 4.89. The summed E-state index contributed by atoms with van der Waals surface area (Å²) in [4.78, 5) is 16.4. The van der Waals surface area contributed by atoms with Crippen LogP contribution in [-0.4, -0.2) is 24.0 Å². The average Bonchev–Trinajstić information content (AvgIpc) is 2.48. The maximum absolute atomic E-state index is 12.4. The first-order chi connectivity index (χ1) is 10.1. The Morgan fingerprint density at radius 3 is 2.57 bits per heavy atom. The molecule has 0 aliphatic heterocycles. The minimum Gasteiger partial charge on any atom is -0.481 e. The van der Waals surface area contributed by atoms with Crippen LogP contribution in [0, 0.1) is 0 Å². The number of nitrogens with one attached hydrogen (secondary N) is 2. The van der Waals surface area contributed by atoms with Gasteiger partial charge in [0.15, 0.2) is 0 Å². The summed E-state index contributed by atoms with van der Waals surface area (Å²) in [6, 6.07) is 11.1. The van der Waals surface area contributed by atoms with E-state index in [2.05, 4.69) is 15.6 Å². The minimum absolute atomic E-state index is 0.175. The van der Waals surface area contributed by atoms with E-state index in [0.29, 0.717) is 17.1 Å². The smallest absolute Gasteiger partial charge is 0.257 e. The van der Waals surface area contributed by atoms with Crippen molar-refractivity contribution in [3.05, 3.63) is 48.2 Å². The summed E-state index contributed by atoms with van der Waals surface area (Å²) in [5, 5.41) is 6.09. The topological polar surface area (TPSA) is 63.2 Å².